The minimum Gasteiger partial charge on any atom is -0.548 e. The number of rotatable bonds is 6. The predicted molar refractivity (Wildman–Crippen MR) is 75.7 cm³/mol. The first-order chi connectivity index (χ1) is 10.4. The average Bonchev–Trinajstić information content (AvgIpc) is 2.48. The van der Waals surface area contributed by atoms with Crippen LogP contribution in [0.1, 0.15) is 5.56 Å². The van der Waals surface area contributed by atoms with Gasteiger partial charge < -0.3 is 9.90 Å². The molecule has 8 heteroatoms. The molecule has 0 bridgehead atoms. The largest absolute Gasteiger partial charge is 1.00 e. The number of halogens is 1. The van der Waals surface area contributed by atoms with Crippen molar-refractivity contribution in [2.75, 3.05) is 0 Å². The SMILES string of the molecule is O=C([O-])[C@H](Cc1ccccc1)NS(=O)(=O)c1ccc(F)cc1.[Na+]. The molecule has 116 valence electrons. The summed E-state index contributed by atoms with van der Waals surface area (Å²) in [5, 5.41) is 11.2. The Morgan fingerprint density at radius 2 is 1.65 bits per heavy atom. The quantitative estimate of drug-likeness (QED) is 0.585. The molecule has 0 saturated carbocycles. The Kier molecular flexibility index (Phi) is 7.37. The molecule has 0 heterocycles. The van der Waals surface area contributed by atoms with E-state index in [-0.39, 0.29) is 40.9 Å². The summed E-state index contributed by atoms with van der Waals surface area (Å²) in [4.78, 5) is 11.0. The molecule has 0 aliphatic carbocycles. The van der Waals surface area contributed by atoms with Crippen LogP contribution in [0.2, 0.25) is 0 Å². The van der Waals surface area contributed by atoms with Gasteiger partial charge in [-0.05, 0) is 36.2 Å². The molecule has 0 saturated heterocycles. The number of benzene rings is 2. The summed E-state index contributed by atoms with van der Waals surface area (Å²) < 4.78 is 39.1. The summed E-state index contributed by atoms with van der Waals surface area (Å²) in [6, 6.07) is 11.2. The third kappa shape index (κ3) is 5.71. The third-order valence-corrected chi connectivity index (χ3v) is 4.48. The standard InChI is InChI=1S/C15H14FNO4S.Na/c16-12-6-8-13(9-7-12)22(20,21)17-14(15(18)19)10-11-4-2-1-3-5-11;/h1-9,14,17H,10H2,(H,18,19);/q;+1/p-1/t14-;/m0./s1. The summed E-state index contributed by atoms with van der Waals surface area (Å²) in [7, 11) is -4.08. The molecule has 5 nitrogen and oxygen atoms in total. The van der Waals surface area contributed by atoms with Gasteiger partial charge in [-0.1, -0.05) is 30.3 Å². The molecular formula is C15H13FNNaO4S. The van der Waals surface area contributed by atoms with Crippen LogP contribution in [-0.2, 0) is 21.2 Å². The van der Waals surface area contributed by atoms with Crippen molar-refractivity contribution in [1.82, 2.24) is 4.72 Å². The Morgan fingerprint density at radius 1 is 1.09 bits per heavy atom. The number of carboxylic acids is 1. The number of hydrogen-bond acceptors (Lipinski definition) is 4. The second-order valence-corrected chi connectivity index (χ2v) is 6.35. The van der Waals surface area contributed by atoms with Crippen LogP contribution in [0.5, 0.6) is 0 Å². The van der Waals surface area contributed by atoms with Gasteiger partial charge in [0.2, 0.25) is 10.0 Å². The first-order valence-electron chi connectivity index (χ1n) is 6.41. The van der Waals surface area contributed by atoms with Crippen LogP contribution in [0.3, 0.4) is 0 Å². The van der Waals surface area contributed by atoms with E-state index in [1.807, 2.05) is 0 Å². The molecule has 2 rings (SSSR count). The zero-order valence-corrected chi connectivity index (χ0v) is 15.2. The maximum atomic E-state index is 12.8. The minimum absolute atomic E-state index is 0. The van der Waals surface area contributed by atoms with Gasteiger partial charge in [0.15, 0.2) is 0 Å². The summed E-state index contributed by atoms with van der Waals surface area (Å²) >= 11 is 0. The van der Waals surface area contributed by atoms with Gasteiger partial charge in [-0.3, -0.25) is 0 Å². The van der Waals surface area contributed by atoms with E-state index < -0.39 is 27.9 Å². The Labute approximate surface area is 155 Å². The number of sulfonamides is 1. The molecule has 0 aromatic heterocycles. The normalized spacial score (nSPS) is 12.2. The van der Waals surface area contributed by atoms with Crippen molar-refractivity contribution < 1.29 is 52.3 Å². The fourth-order valence-corrected chi connectivity index (χ4v) is 3.08. The molecule has 0 aliphatic heterocycles. The van der Waals surface area contributed by atoms with Gasteiger partial charge in [-0.15, -0.1) is 0 Å². The van der Waals surface area contributed by atoms with Gasteiger partial charge >= 0.3 is 29.6 Å². The van der Waals surface area contributed by atoms with E-state index in [4.69, 9.17) is 0 Å². The second-order valence-electron chi connectivity index (χ2n) is 4.64. The van der Waals surface area contributed by atoms with E-state index in [9.17, 15) is 22.7 Å². The van der Waals surface area contributed by atoms with Gasteiger partial charge in [-0.2, -0.15) is 0 Å². The van der Waals surface area contributed by atoms with E-state index in [0.717, 1.165) is 24.3 Å². The predicted octanol–water partition coefficient (Wildman–Crippen LogP) is -2.53. The van der Waals surface area contributed by atoms with Crippen molar-refractivity contribution in [3.05, 3.63) is 66.0 Å². The first kappa shape index (κ1) is 19.8. The van der Waals surface area contributed by atoms with Gasteiger partial charge in [0.25, 0.3) is 0 Å². The van der Waals surface area contributed by atoms with E-state index in [1.165, 1.54) is 0 Å². The summed E-state index contributed by atoms with van der Waals surface area (Å²) in [6.45, 7) is 0. The second kappa shape index (κ2) is 8.56. The van der Waals surface area contributed by atoms with E-state index in [1.54, 1.807) is 30.3 Å². The van der Waals surface area contributed by atoms with Crippen LogP contribution in [0.4, 0.5) is 4.39 Å². The number of carbonyl (C=O) groups is 1. The van der Waals surface area contributed by atoms with E-state index in [2.05, 4.69) is 4.72 Å². The molecule has 0 amide bonds. The van der Waals surface area contributed by atoms with Gasteiger partial charge in [0, 0.05) is 0 Å². The van der Waals surface area contributed by atoms with Crippen molar-refractivity contribution in [3.63, 3.8) is 0 Å². The summed E-state index contributed by atoms with van der Waals surface area (Å²) in [5.41, 5.74) is 0.651. The zero-order valence-electron chi connectivity index (χ0n) is 12.4. The Bertz CT molecular complexity index is 751. The van der Waals surface area contributed by atoms with Crippen LogP contribution in [0.25, 0.3) is 0 Å². The Balaban J connectivity index is 0.00000264. The van der Waals surface area contributed by atoms with Crippen LogP contribution in [0.15, 0.2) is 59.5 Å². The maximum Gasteiger partial charge on any atom is 1.00 e. The van der Waals surface area contributed by atoms with E-state index in [0.29, 0.717) is 5.56 Å². The van der Waals surface area contributed by atoms with Gasteiger partial charge in [-0.25, -0.2) is 17.5 Å². The summed E-state index contributed by atoms with van der Waals surface area (Å²) in [6.07, 6.45) is -0.0520. The smallest absolute Gasteiger partial charge is 0.548 e. The number of hydrogen-bond donors (Lipinski definition) is 1. The van der Waals surface area contributed by atoms with Crippen molar-refractivity contribution >= 4 is 16.0 Å². The fraction of sp³-hybridized carbons (Fsp3) is 0.133. The van der Waals surface area contributed by atoms with Crippen molar-refractivity contribution in [3.8, 4) is 0 Å². The fourth-order valence-electron chi connectivity index (χ4n) is 1.89. The molecular weight excluding hydrogens is 332 g/mol. The molecule has 0 fully saturated rings. The van der Waals surface area contributed by atoms with Crippen molar-refractivity contribution in [1.29, 1.82) is 0 Å². The number of nitrogens with one attached hydrogen (secondary N) is 1. The molecule has 1 N–H and O–H groups in total. The van der Waals surface area contributed by atoms with Gasteiger partial charge in [0.1, 0.15) is 5.82 Å². The molecule has 0 radical (unpaired) electrons. The molecule has 23 heavy (non-hydrogen) atoms. The molecule has 0 unspecified atom stereocenters. The number of carboxylic acid groups (broad SMARTS) is 1. The third-order valence-electron chi connectivity index (χ3n) is 2.99. The monoisotopic (exact) mass is 345 g/mol. The van der Waals surface area contributed by atoms with E-state index >= 15 is 0 Å². The van der Waals surface area contributed by atoms with Crippen LogP contribution < -0.4 is 39.4 Å². The Hall–Kier alpha value is -1.25. The minimum atomic E-state index is -4.08. The number of carbonyl (C=O) groups excluding carboxylic acids is 1. The average molecular weight is 345 g/mol. The van der Waals surface area contributed by atoms with Crippen LogP contribution in [0, 0.1) is 5.82 Å². The molecule has 1 atom stereocenters. The zero-order chi connectivity index (χ0) is 16.2. The molecule has 0 aliphatic rings. The molecule has 2 aromatic rings. The maximum absolute atomic E-state index is 12.8. The first-order valence-corrected chi connectivity index (χ1v) is 7.89. The van der Waals surface area contributed by atoms with Crippen LogP contribution >= 0.6 is 0 Å². The molecule has 2 aromatic carbocycles. The van der Waals surface area contributed by atoms with Crippen LogP contribution in [-0.4, -0.2) is 20.4 Å². The topological polar surface area (TPSA) is 86.3 Å². The van der Waals surface area contributed by atoms with Crippen molar-refractivity contribution in [2.45, 2.75) is 17.4 Å². The Morgan fingerprint density at radius 3 is 2.17 bits per heavy atom. The molecule has 0 spiro atoms. The van der Waals surface area contributed by atoms with Crippen molar-refractivity contribution in [2.24, 2.45) is 0 Å². The van der Waals surface area contributed by atoms with Gasteiger partial charge in [0.05, 0.1) is 16.9 Å². The number of aliphatic carboxylic acids is 1. The summed E-state index contributed by atoms with van der Waals surface area (Å²) in [5.74, 6) is -2.12.